The van der Waals surface area contributed by atoms with Crippen LogP contribution in [0.4, 0.5) is 4.79 Å². The van der Waals surface area contributed by atoms with E-state index >= 15 is 0 Å². The van der Waals surface area contributed by atoms with Gasteiger partial charge in [0.05, 0.1) is 11.9 Å². The Labute approximate surface area is 114 Å². The van der Waals surface area contributed by atoms with E-state index in [9.17, 15) is 9.59 Å². The van der Waals surface area contributed by atoms with E-state index in [1.807, 2.05) is 20.8 Å². The molecule has 0 aromatic rings. The van der Waals surface area contributed by atoms with Crippen molar-refractivity contribution in [3.05, 3.63) is 0 Å². The predicted molar refractivity (Wildman–Crippen MR) is 70.9 cm³/mol. The topological polar surface area (TPSA) is 46.6 Å². The number of piperidine rings is 1. The molecule has 5 heteroatoms. The Bertz CT molecular complexity index is 325. The summed E-state index contributed by atoms with van der Waals surface area (Å²) < 4.78 is 5.33. The molecule has 0 saturated carbocycles. The fourth-order valence-electron chi connectivity index (χ4n) is 2.07. The zero-order valence-electron chi connectivity index (χ0n) is 11.5. The van der Waals surface area contributed by atoms with Crippen molar-refractivity contribution in [3.63, 3.8) is 0 Å². The highest BCUT2D eigenvalue weighted by molar-refractivity contribution is 6.28. The van der Waals surface area contributed by atoms with Crippen molar-refractivity contribution in [2.45, 2.75) is 52.2 Å². The van der Waals surface area contributed by atoms with E-state index in [1.54, 1.807) is 0 Å². The number of rotatable bonds is 2. The van der Waals surface area contributed by atoms with Crippen molar-refractivity contribution in [1.82, 2.24) is 4.90 Å². The summed E-state index contributed by atoms with van der Waals surface area (Å²) in [7, 11) is 0. The fourth-order valence-corrected chi connectivity index (χ4v) is 2.25. The molecule has 2 atom stereocenters. The van der Waals surface area contributed by atoms with Crippen LogP contribution in [0, 0.1) is 5.92 Å². The minimum atomic E-state index is -0.547. The molecule has 1 aliphatic rings. The molecule has 1 amide bonds. The number of hydrogen-bond donors (Lipinski definition) is 0. The Balaban J connectivity index is 2.77. The van der Waals surface area contributed by atoms with Crippen molar-refractivity contribution in [3.8, 4) is 0 Å². The molecule has 0 N–H and O–H groups in total. The lowest BCUT2D eigenvalue weighted by molar-refractivity contribution is -0.123. The first-order chi connectivity index (χ1) is 8.24. The lowest BCUT2D eigenvalue weighted by Crippen LogP contribution is -2.51. The lowest BCUT2D eigenvalue weighted by atomic mass is 9.91. The number of carbonyl (C=O) groups is 2. The molecule has 0 aliphatic carbocycles. The molecule has 0 radical (unpaired) electrons. The third-order valence-corrected chi connectivity index (χ3v) is 3.26. The number of hydrogen-bond acceptors (Lipinski definition) is 3. The number of amides is 1. The van der Waals surface area contributed by atoms with Gasteiger partial charge in [-0.25, -0.2) is 4.79 Å². The fraction of sp³-hybridized carbons (Fsp3) is 0.846. The average Bonchev–Trinajstić information content (AvgIpc) is 2.25. The van der Waals surface area contributed by atoms with Gasteiger partial charge < -0.3 is 4.74 Å². The van der Waals surface area contributed by atoms with Gasteiger partial charge in [0.2, 0.25) is 0 Å². The molecule has 0 spiro atoms. The summed E-state index contributed by atoms with van der Waals surface area (Å²) in [6.45, 7) is 8.09. The molecule has 0 aromatic heterocycles. The summed E-state index contributed by atoms with van der Waals surface area (Å²) in [5, 5.41) is 0. The van der Waals surface area contributed by atoms with Gasteiger partial charge in [0.1, 0.15) is 5.60 Å². The van der Waals surface area contributed by atoms with E-state index in [0.717, 1.165) is 6.42 Å². The Morgan fingerprint density at radius 3 is 2.50 bits per heavy atom. The number of ketones is 1. The maximum atomic E-state index is 12.1. The number of alkyl halides is 1. The van der Waals surface area contributed by atoms with E-state index in [1.165, 1.54) is 4.90 Å². The molecule has 0 bridgehead atoms. The van der Waals surface area contributed by atoms with Crippen LogP contribution in [-0.4, -0.2) is 40.8 Å². The van der Waals surface area contributed by atoms with Crippen LogP contribution in [0.3, 0.4) is 0 Å². The number of ether oxygens (including phenoxy) is 1. The van der Waals surface area contributed by atoms with Crippen LogP contribution >= 0.6 is 11.6 Å². The quantitative estimate of drug-likeness (QED) is 0.728. The van der Waals surface area contributed by atoms with Crippen molar-refractivity contribution in [2.24, 2.45) is 5.92 Å². The van der Waals surface area contributed by atoms with Crippen LogP contribution in [0.5, 0.6) is 0 Å². The number of nitrogens with zero attached hydrogens (tertiary/aromatic N) is 1. The molecule has 1 aliphatic heterocycles. The van der Waals surface area contributed by atoms with Crippen molar-refractivity contribution in [1.29, 1.82) is 0 Å². The van der Waals surface area contributed by atoms with Crippen LogP contribution < -0.4 is 0 Å². The van der Waals surface area contributed by atoms with E-state index < -0.39 is 17.7 Å². The third kappa shape index (κ3) is 4.16. The summed E-state index contributed by atoms with van der Waals surface area (Å²) in [4.78, 5) is 25.4. The Kier molecular flexibility index (Phi) is 5.02. The maximum absolute atomic E-state index is 12.1. The van der Waals surface area contributed by atoms with Gasteiger partial charge in [-0.1, -0.05) is 6.92 Å². The van der Waals surface area contributed by atoms with Crippen molar-refractivity contribution < 1.29 is 14.3 Å². The SMILES string of the molecule is CC1CCN(C(=O)OC(C)(C)C)C(C(=O)CCl)C1. The molecule has 104 valence electrons. The highest BCUT2D eigenvalue weighted by atomic mass is 35.5. The molecule has 4 nitrogen and oxygen atoms in total. The highest BCUT2D eigenvalue weighted by Crippen LogP contribution is 2.25. The molecule has 0 aromatic carbocycles. The summed E-state index contributed by atoms with van der Waals surface area (Å²) >= 11 is 5.61. The first-order valence-corrected chi connectivity index (χ1v) is 6.86. The summed E-state index contributed by atoms with van der Waals surface area (Å²) in [5.74, 6) is 0.270. The van der Waals surface area contributed by atoms with Crippen LogP contribution in [-0.2, 0) is 9.53 Å². The zero-order valence-corrected chi connectivity index (χ0v) is 12.3. The Morgan fingerprint density at radius 2 is 2.00 bits per heavy atom. The number of Topliss-reactive ketones (excluding diaryl/α,β-unsaturated/α-hetero) is 1. The summed E-state index contributed by atoms with van der Waals surface area (Å²) in [5.41, 5.74) is -0.547. The lowest BCUT2D eigenvalue weighted by Gasteiger charge is -2.38. The minimum Gasteiger partial charge on any atom is -0.444 e. The molecule has 2 unspecified atom stereocenters. The average molecular weight is 276 g/mol. The summed E-state index contributed by atoms with van der Waals surface area (Å²) in [6, 6.07) is -0.430. The Hall–Kier alpha value is -0.770. The minimum absolute atomic E-state index is 0.0588. The standard InChI is InChI=1S/C13H22ClNO3/c1-9-5-6-15(10(7-9)11(16)8-14)12(17)18-13(2,3)4/h9-10H,5-8H2,1-4H3. The molecule has 1 fully saturated rings. The number of likely N-dealkylation sites (tertiary alicyclic amines) is 1. The molecule has 1 saturated heterocycles. The molecule has 1 heterocycles. The van der Waals surface area contributed by atoms with E-state index in [-0.39, 0.29) is 11.7 Å². The van der Waals surface area contributed by atoms with Gasteiger partial charge in [-0.05, 0) is 39.5 Å². The molecule has 18 heavy (non-hydrogen) atoms. The van der Waals surface area contributed by atoms with Gasteiger partial charge in [0.25, 0.3) is 0 Å². The third-order valence-electron chi connectivity index (χ3n) is 3.00. The van der Waals surface area contributed by atoms with Gasteiger partial charge >= 0.3 is 6.09 Å². The predicted octanol–water partition coefficient (Wildman–Crippen LogP) is 2.83. The number of halogens is 1. The van der Waals surface area contributed by atoms with E-state index in [2.05, 4.69) is 6.92 Å². The maximum Gasteiger partial charge on any atom is 0.410 e. The number of carbonyl (C=O) groups excluding carboxylic acids is 2. The monoisotopic (exact) mass is 275 g/mol. The van der Waals surface area contributed by atoms with Crippen LogP contribution in [0.15, 0.2) is 0 Å². The van der Waals surface area contributed by atoms with Gasteiger partial charge in [0.15, 0.2) is 5.78 Å². The van der Waals surface area contributed by atoms with Crippen LogP contribution in [0.1, 0.15) is 40.5 Å². The van der Waals surface area contributed by atoms with Gasteiger partial charge in [-0.15, -0.1) is 11.6 Å². The first kappa shape index (κ1) is 15.3. The second kappa shape index (κ2) is 5.91. The Morgan fingerprint density at radius 1 is 1.39 bits per heavy atom. The van der Waals surface area contributed by atoms with Crippen LogP contribution in [0.25, 0.3) is 0 Å². The summed E-state index contributed by atoms with van der Waals surface area (Å²) in [6.07, 6.45) is 1.15. The van der Waals surface area contributed by atoms with Gasteiger partial charge in [0, 0.05) is 6.54 Å². The second-order valence-electron chi connectivity index (χ2n) is 5.92. The second-order valence-corrected chi connectivity index (χ2v) is 6.19. The highest BCUT2D eigenvalue weighted by Gasteiger charge is 2.36. The van der Waals surface area contributed by atoms with Gasteiger partial charge in [-0.2, -0.15) is 0 Å². The smallest absolute Gasteiger partial charge is 0.410 e. The largest absolute Gasteiger partial charge is 0.444 e. The zero-order chi connectivity index (χ0) is 13.9. The van der Waals surface area contributed by atoms with Crippen molar-refractivity contribution in [2.75, 3.05) is 12.4 Å². The molecular formula is C13H22ClNO3. The first-order valence-electron chi connectivity index (χ1n) is 6.33. The van der Waals surface area contributed by atoms with Gasteiger partial charge in [-0.3, -0.25) is 9.69 Å². The van der Waals surface area contributed by atoms with E-state index in [4.69, 9.17) is 16.3 Å². The van der Waals surface area contributed by atoms with E-state index in [0.29, 0.717) is 18.9 Å². The normalized spacial score (nSPS) is 24.8. The van der Waals surface area contributed by atoms with Crippen LogP contribution in [0.2, 0.25) is 0 Å². The molecular weight excluding hydrogens is 254 g/mol. The van der Waals surface area contributed by atoms with Crippen molar-refractivity contribution >= 4 is 23.5 Å². The molecule has 1 rings (SSSR count).